The largest absolute Gasteiger partial charge is 0.397 e. The minimum absolute atomic E-state index is 0.204. The Morgan fingerprint density at radius 3 is 2.14 bits per heavy atom. The Balaban J connectivity index is 2.35. The summed E-state index contributed by atoms with van der Waals surface area (Å²) in [6.07, 6.45) is 9.19. The molecule has 1 rings (SSSR count). The Kier molecular flexibility index (Phi) is 7.79. The lowest BCUT2D eigenvalue weighted by molar-refractivity contribution is 0.572. The van der Waals surface area contributed by atoms with Crippen LogP contribution >= 0.6 is 0 Å². The first-order valence-corrected chi connectivity index (χ1v) is 9.72. The monoisotopic (exact) mass is 311 g/mol. The average molecular weight is 311 g/mol. The van der Waals surface area contributed by atoms with E-state index in [1.165, 1.54) is 32.1 Å². The van der Waals surface area contributed by atoms with Gasteiger partial charge in [0.15, 0.2) is 9.84 Å². The summed E-state index contributed by atoms with van der Waals surface area (Å²) in [4.78, 5) is 0.297. The van der Waals surface area contributed by atoms with Gasteiger partial charge in [0.1, 0.15) is 0 Å². The number of hydrogen-bond donors (Lipinski definition) is 1. The zero-order chi connectivity index (χ0) is 15.7. The van der Waals surface area contributed by atoms with Crippen LogP contribution in [0.1, 0.15) is 63.9 Å². The summed E-state index contributed by atoms with van der Waals surface area (Å²) < 4.78 is 24.6. The molecule has 0 saturated heterocycles. The molecule has 0 heterocycles. The summed E-state index contributed by atoms with van der Waals surface area (Å²) in [6, 6.07) is 5.21. The fourth-order valence-electron chi connectivity index (χ4n) is 2.46. The normalized spacial score (nSPS) is 11.7. The van der Waals surface area contributed by atoms with Gasteiger partial charge in [-0.1, -0.05) is 64.0 Å². The van der Waals surface area contributed by atoms with Crippen molar-refractivity contribution in [2.45, 2.75) is 70.1 Å². The number of sulfone groups is 1. The van der Waals surface area contributed by atoms with Crippen molar-refractivity contribution in [2.75, 3.05) is 11.5 Å². The van der Waals surface area contributed by atoms with Crippen molar-refractivity contribution in [1.82, 2.24) is 0 Å². The highest BCUT2D eigenvalue weighted by Gasteiger charge is 2.17. The molecule has 3 nitrogen and oxygen atoms in total. The van der Waals surface area contributed by atoms with Crippen LogP contribution in [0.15, 0.2) is 23.1 Å². The van der Waals surface area contributed by atoms with E-state index in [9.17, 15) is 8.42 Å². The van der Waals surface area contributed by atoms with Crippen LogP contribution in [0.2, 0.25) is 0 Å². The molecule has 120 valence electrons. The van der Waals surface area contributed by atoms with Crippen LogP contribution in [-0.2, 0) is 9.84 Å². The van der Waals surface area contributed by atoms with Gasteiger partial charge in [0.2, 0.25) is 0 Å². The van der Waals surface area contributed by atoms with Crippen LogP contribution in [0.4, 0.5) is 5.69 Å². The van der Waals surface area contributed by atoms with Gasteiger partial charge in [0, 0.05) is 0 Å². The summed E-state index contributed by atoms with van der Waals surface area (Å²) in [7, 11) is -3.24. The molecule has 1 aromatic rings. The fourth-order valence-corrected chi connectivity index (χ4v) is 4.05. The maximum absolute atomic E-state index is 12.3. The molecule has 21 heavy (non-hydrogen) atoms. The van der Waals surface area contributed by atoms with Crippen molar-refractivity contribution in [2.24, 2.45) is 0 Å². The third-order valence-electron chi connectivity index (χ3n) is 3.89. The van der Waals surface area contributed by atoms with Gasteiger partial charge in [0.05, 0.1) is 16.3 Å². The van der Waals surface area contributed by atoms with Crippen LogP contribution in [-0.4, -0.2) is 14.2 Å². The first kappa shape index (κ1) is 18.0. The predicted octanol–water partition coefficient (Wildman–Crippen LogP) is 4.49. The second kappa shape index (κ2) is 9.08. The van der Waals surface area contributed by atoms with E-state index in [4.69, 9.17) is 5.73 Å². The zero-order valence-corrected chi connectivity index (χ0v) is 14.2. The third-order valence-corrected chi connectivity index (χ3v) is 5.74. The molecule has 2 N–H and O–H groups in total. The van der Waals surface area contributed by atoms with Gasteiger partial charge in [0.25, 0.3) is 0 Å². The van der Waals surface area contributed by atoms with E-state index in [0.29, 0.717) is 10.6 Å². The van der Waals surface area contributed by atoms with Crippen molar-refractivity contribution in [1.29, 1.82) is 0 Å². The van der Waals surface area contributed by atoms with Crippen LogP contribution in [0.3, 0.4) is 0 Å². The Morgan fingerprint density at radius 1 is 0.952 bits per heavy atom. The Morgan fingerprint density at radius 2 is 1.52 bits per heavy atom. The summed E-state index contributed by atoms with van der Waals surface area (Å²) >= 11 is 0. The van der Waals surface area contributed by atoms with Crippen molar-refractivity contribution < 1.29 is 8.42 Å². The molecule has 0 aliphatic heterocycles. The number of rotatable bonds is 10. The highest BCUT2D eigenvalue weighted by Crippen LogP contribution is 2.23. The second-order valence-corrected chi connectivity index (χ2v) is 7.86. The molecule has 0 spiro atoms. The smallest absolute Gasteiger partial charge is 0.180 e. The van der Waals surface area contributed by atoms with Crippen molar-refractivity contribution in [3.63, 3.8) is 0 Å². The van der Waals surface area contributed by atoms with Crippen LogP contribution < -0.4 is 5.73 Å². The zero-order valence-electron chi connectivity index (χ0n) is 13.4. The molecule has 0 bridgehead atoms. The van der Waals surface area contributed by atoms with Gasteiger partial charge in [-0.2, -0.15) is 0 Å². The molecule has 1 aromatic carbocycles. The summed E-state index contributed by atoms with van der Waals surface area (Å²) in [5, 5.41) is 0. The number of aryl methyl sites for hydroxylation is 1. The topological polar surface area (TPSA) is 60.2 Å². The van der Waals surface area contributed by atoms with Gasteiger partial charge in [-0.15, -0.1) is 0 Å². The van der Waals surface area contributed by atoms with E-state index in [-0.39, 0.29) is 5.75 Å². The molecule has 0 aliphatic rings. The number of hydrogen-bond acceptors (Lipinski definition) is 3. The first-order chi connectivity index (χ1) is 9.99. The van der Waals surface area contributed by atoms with Gasteiger partial charge >= 0.3 is 0 Å². The highest BCUT2D eigenvalue weighted by molar-refractivity contribution is 7.91. The molecule has 0 fully saturated rings. The number of nitrogens with two attached hydrogens (primary N) is 1. The molecular formula is C17H29NO2S. The van der Waals surface area contributed by atoms with E-state index >= 15 is 0 Å². The Labute approximate surface area is 129 Å². The Hall–Kier alpha value is -1.03. The molecule has 0 saturated carbocycles. The number of nitrogen functional groups attached to an aromatic ring is 1. The number of benzene rings is 1. The minimum atomic E-state index is -3.24. The van der Waals surface area contributed by atoms with Crippen LogP contribution in [0.5, 0.6) is 0 Å². The van der Waals surface area contributed by atoms with Crippen molar-refractivity contribution >= 4 is 15.5 Å². The summed E-state index contributed by atoms with van der Waals surface area (Å²) in [5.41, 5.74) is 7.11. The van der Waals surface area contributed by atoms with Gasteiger partial charge in [-0.3, -0.25) is 0 Å². The van der Waals surface area contributed by atoms with E-state index < -0.39 is 9.84 Å². The standard InChI is InChI=1S/C17H29NO2S/c1-3-4-5-6-7-8-9-10-14-21(19,20)16-13-11-12-15(2)17(16)18/h11-13H,3-10,14,18H2,1-2H3. The van der Waals surface area contributed by atoms with Crippen LogP contribution in [0, 0.1) is 6.92 Å². The summed E-state index contributed by atoms with van der Waals surface area (Å²) in [5.74, 6) is 0.204. The molecule has 0 aromatic heterocycles. The minimum Gasteiger partial charge on any atom is -0.397 e. The van der Waals surface area contributed by atoms with Crippen molar-refractivity contribution in [3.05, 3.63) is 23.8 Å². The molecule has 0 radical (unpaired) electrons. The SMILES string of the molecule is CCCCCCCCCCS(=O)(=O)c1cccc(C)c1N. The first-order valence-electron chi connectivity index (χ1n) is 8.07. The molecular weight excluding hydrogens is 282 g/mol. The van der Waals surface area contributed by atoms with Gasteiger partial charge < -0.3 is 5.73 Å². The second-order valence-electron chi connectivity index (χ2n) is 5.78. The summed E-state index contributed by atoms with van der Waals surface area (Å²) in [6.45, 7) is 4.05. The van der Waals surface area contributed by atoms with Gasteiger partial charge in [-0.05, 0) is 25.0 Å². The molecule has 0 aliphatic carbocycles. The number of anilines is 1. The van der Waals surface area contributed by atoms with Crippen LogP contribution in [0.25, 0.3) is 0 Å². The lowest BCUT2D eigenvalue weighted by Gasteiger charge is -2.09. The number of unbranched alkanes of at least 4 members (excludes halogenated alkanes) is 7. The molecule has 0 unspecified atom stereocenters. The van der Waals surface area contributed by atoms with E-state index in [1.807, 2.05) is 13.0 Å². The lowest BCUT2D eigenvalue weighted by atomic mass is 10.1. The Bertz CT molecular complexity index is 524. The highest BCUT2D eigenvalue weighted by atomic mass is 32.2. The molecule has 0 atom stereocenters. The third kappa shape index (κ3) is 6.08. The van der Waals surface area contributed by atoms with E-state index in [2.05, 4.69) is 6.92 Å². The molecule has 4 heteroatoms. The van der Waals surface area contributed by atoms with Gasteiger partial charge in [-0.25, -0.2) is 8.42 Å². The van der Waals surface area contributed by atoms with E-state index in [1.54, 1.807) is 12.1 Å². The fraction of sp³-hybridized carbons (Fsp3) is 0.647. The maximum Gasteiger partial charge on any atom is 0.180 e. The lowest BCUT2D eigenvalue weighted by Crippen LogP contribution is -2.10. The predicted molar refractivity (Wildman–Crippen MR) is 90.3 cm³/mol. The number of para-hydroxylation sites is 1. The quantitative estimate of drug-likeness (QED) is 0.511. The maximum atomic E-state index is 12.3. The molecule has 0 amide bonds. The average Bonchev–Trinajstić information content (AvgIpc) is 2.44. The van der Waals surface area contributed by atoms with Crippen molar-refractivity contribution in [3.8, 4) is 0 Å². The van der Waals surface area contributed by atoms with E-state index in [0.717, 1.165) is 24.8 Å².